The Morgan fingerprint density at radius 1 is 1.50 bits per heavy atom. The van der Waals surface area contributed by atoms with E-state index in [-0.39, 0.29) is 25.7 Å². The maximum Gasteiger partial charge on any atom is 0.258 e. The molecule has 0 fully saturated rings. The van der Waals surface area contributed by atoms with Gasteiger partial charge in [0, 0.05) is 11.5 Å². The summed E-state index contributed by atoms with van der Waals surface area (Å²) in [5.41, 5.74) is -0.0670. The van der Waals surface area contributed by atoms with Crippen LogP contribution in [0.15, 0.2) is 28.7 Å². The number of aliphatic hydroxyl groups is 1. The van der Waals surface area contributed by atoms with Crippen molar-refractivity contribution in [2.45, 2.75) is 12.3 Å². The van der Waals surface area contributed by atoms with Crippen molar-refractivity contribution in [1.82, 2.24) is 5.06 Å². The van der Waals surface area contributed by atoms with Crippen LogP contribution < -0.4 is 0 Å². The Labute approximate surface area is 127 Å². The van der Waals surface area contributed by atoms with E-state index in [0.29, 0.717) is 0 Å². The van der Waals surface area contributed by atoms with Crippen molar-refractivity contribution in [2.75, 3.05) is 34.0 Å². The predicted molar refractivity (Wildman–Crippen MR) is 79.2 cm³/mol. The van der Waals surface area contributed by atoms with Gasteiger partial charge in [-0.25, -0.2) is 5.06 Å². The Bertz CT molecular complexity index is 455. The third-order valence-corrected chi connectivity index (χ3v) is 3.61. The number of benzene rings is 1. The molecule has 1 atom stereocenters. The molecule has 0 saturated heterocycles. The van der Waals surface area contributed by atoms with Gasteiger partial charge in [-0.15, -0.1) is 0 Å². The van der Waals surface area contributed by atoms with E-state index in [4.69, 9.17) is 14.7 Å². The number of carbonyl (C=O) groups is 1. The minimum atomic E-state index is -0.885. The molecule has 1 aromatic rings. The second-order valence-electron chi connectivity index (χ2n) is 4.60. The minimum absolute atomic E-state index is 0.0805. The minimum Gasteiger partial charge on any atom is -0.394 e. The van der Waals surface area contributed by atoms with E-state index in [0.717, 1.165) is 10.0 Å². The topological polar surface area (TPSA) is 59.0 Å². The SMILES string of the molecule is CON(C)C(=O)C(C)(COCCO)c1cccc(Br)c1. The van der Waals surface area contributed by atoms with Crippen LogP contribution in [0.25, 0.3) is 0 Å². The van der Waals surface area contributed by atoms with Gasteiger partial charge in [-0.05, 0) is 24.6 Å². The summed E-state index contributed by atoms with van der Waals surface area (Å²) in [6.45, 7) is 2.07. The van der Waals surface area contributed by atoms with Crippen LogP contribution in [0.1, 0.15) is 12.5 Å². The molecule has 0 aliphatic carbocycles. The summed E-state index contributed by atoms with van der Waals surface area (Å²) in [4.78, 5) is 17.5. The molecule has 0 saturated carbocycles. The van der Waals surface area contributed by atoms with Gasteiger partial charge in [0.1, 0.15) is 0 Å². The average Bonchev–Trinajstić information content (AvgIpc) is 2.45. The Hall–Kier alpha value is -0.950. The summed E-state index contributed by atoms with van der Waals surface area (Å²) in [7, 11) is 3.00. The molecule has 1 rings (SSSR count). The van der Waals surface area contributed by atoms with Crippen LogP contribution in [-0.2, 0) is 19.8 Å². The average molecular weight is 346 g/mol. The third-order valence-electron chi connectivity index (χ3n) is 3.12. The van der Waals surface area contributed by atoms with Gasteiger partial charge in [-0.3, -0.25) is 9.63 Å². The first-order valence-corrected chi connectivity index (χ1v) is 7.02. The highest BCUT2D eigenvalue weighted by atomic mass is 79.9. The standard InChI is InChI=1S/C14H20BrNO4/c1-14(10-20-8-7-17,13(18)16(2)19-3)11-5-4-6-12(15)9-11/h4-6,9,17H,7-8,10H2,1-3H3. The van der Waals surface area contributed by atoms with Crippen molar-refractivity contribution in [1.29, 1.82) is 0 Å². The van der Waals surface area contributed by atoms with E-state index in [9.17, 15) is 4.79 Å². The first-order chi connectivity index (χ1) is 9.45. The molecule has 5 nitrogen and oxygen atoms in total. The van der Waals surface area contributed by atoms with Gasteiger partial charge >= 0.3 is 0 Å². The summed E-state index contributed by atoms with van der Waals surface area (Å²) in [6.07, 6.45) is 0. The maximum absolute atomic E-state index is 12.5. The molecular weight excluding hydrogens is 326 g/mol. The second kappa shape index (κ2) is 7.73. The van der Waals surface area contributed by atoms with Crippen LogP contribution in [0, 0.1) is 0 Å². The highest BCUT2D eigenvalue weighted by molar-refractivity contribution is 9.10. The number of ether oxygens (including phenoxy) is 1. The van der Waals surface area contributed by atoms with Crippen LogP contribution in [0.5, 0.6) is 0 Å². The number of rotatable bonds is 7. The Morgan fingerprint density at radius 3 is 2.75 bits per heavy atom. The number of aliphatic hydroxyl groups excluding tert-OH is 1. The molecule has 0 spiro atoms. The summed E-state index contributed by atoms with van der Waals surface area (Å²) in [5.74, 6) is -0.212. The zero-order valence-corrected chi connectivity index (χ0v) is 13.5. The Kier molecular flexibility index (Phi) is 6.61. The number of halogens is 1. The molecule has 0 aliphatic heterocycles. The van der Waals surface area contributed by atoms with Crippen molar-refractivity contribution in [2.24, 2.45) is 0 Å². The number of hydrogen-bond donors (Lipinski definition) is 1. The molecule has 6 heteroatoms. The lowest BCUT2D eigenvalue weighted by Crippen LogP contribution is -2.46. The van der Waals surface area contributed by atoms with Crippen LogP contribution in [0.2, 0.25) is 0 Å². The van der Waals surface area contributed by atoms with Gasteiger partial charge < -0.3 is 9.84 Å². The number of carbonyl (C=O) groups excluding carboxylic acids is 1. The second-order valence-corrected chi connectivity index (χ2v) is 5.52. The summed E-state index contributed by atoms with van der Waals surface area (Å²) in [6, 6.07) is 7.50. The quantitative estimate of drug-likeness (QED) is 0.604. The van der Waals surface area contributed by atoms with Crippen molar-refractivity contribution in [3.63, 3.8) is 0 Å². The molecule has 1 amide bonds. The summed E-state index contributed by atoms with van der Waals surface area (Å²) >= 11 is 3.40. The Morgan fingerprint density at radius 2 is 2.20 bits per heavy atom. The summed E-state index contributed by atoms with van der Waals surface area (Å²) in [5, 5.41) is 10.0. The number of likely N-dealkylation sites (N-methyl/N-ethyl adjacent to an activating group) is 1. The molecule has 0 heterocycles. The highest BCUT2D eigenvalue weighted by Crippen LogP contribution is 2.28. The zero-order chi connectivity index (χ0) is 15.2. The monoisotopic (exact) mass is 345 g/mol. The van der Waals surface area contributed by atoms with E-state index in [2.05, 4.69) is 15.9 Å². The van der Waals surface area contributed by atoms with Crippen molar-refractivity contribution in [3.8, 4) is 0 Å². The number of hydroxylamine groups is 2. The normalized spacial score (nSPS) is 13.8. The molecule has 1 unspecified atom stereocenters. The summed E-state index contributed by atoms with van der Waals surface area (Å²) < 4.78 is 6.28. The van der Waals surface area contributed by atoms with E-state index in [1.165, 1.54) is 12.2 Å². The van der Waals surface area contributed by atoms with E-state index >= 15 is 0 Å². The first kappa shape index (κ1) is 17.1. The van der Waals surface area contributed by atoms with Crippen molar-refractivity contribution in [3.05, 3.63) is 34.3 Å². The number of nitrogens with zero attached hydrogens (tertiary/aromatic N) is 1. The van der Waals surface area contributed by atoms with Gasteiger partial charge in [0.2, 0.25) is 0 Å². The van der Waals surface area contributed by atoms with Crippen LogP contribution in [-0.4, -0.2) is 50.1 Å². The molecular formula is C14H20BrNO4. The predicted octanol–water partition coefficient (Wildman–Crippen LogP) is 1.74. The van der Waals surface area contributed by atoms with Gasteiger partial charge in [-0.2, -0.15) is 0 Å². The molecule has 112 valence electrons. The van der Waals surface area contributed by atoms with Gasteiger partial charge in [-0.1, -0.05) is 28.1 Å². The van der Waals surface area contributed by atoms with Crippen molar-refractivity contribution >= 4 is 21.8 Å². The van der Waals surface area contributed by atoms with E-state index in [1.54, 1.807) is 14.0 Å². The van der Waals surface area contributed by atoms with E-state index in [1.807, 2.05) is 24.3 Å². The molecule has 1 aromatic carbocycles. The van der Waals surface area contributed by atoms with Crippen LogP contribution in [0.4, 0.5) is 0 Å². The highest BCUT2D eigenvalue weighted by Gasteiger charge is 2.38. The Balaban J connectivity index is 3.09. The van der Waals surface area contributed by atoms with Gasteiger partial charge in [0.15, 0.2) is 0 Å². The lowest BCUT2D eigenvalue weighted by atomic mass is 9.82. The molecule has 0 bridgehead atoms. The molecule has 20 heavy (non-hydrogen) atoms. The fourth-order valence-corrected chi connectivity index (χ4v) is 2.27. The number of hydrogen-bond acceptors (Lipinski definition) is 4. The fourth-order valence-electron chi connectivity index (χ4n) is 1.87. The van der Waals surface area contributed by atoms with Crippen LogP contribution in [0.3, 0.4) is 0 Å². The molecule has 0 aromatic heterocycles. The maximum atomic E-state index is 12.5. The molecule has 0 radical (unpaired) electrons. The van der Waals surface area contributed by atoms with E-state index < -0.39 is 5.41 Å². The zero-order valence-electron chi connectivity index (χ0n) is 11.9. The number of amides is 1. The third kappa shape index (κ3) is 4.02. The first-order valence-electron chi connectivity index (χ1n) is 6.22. The lowest BCUT2D eigenvalue weighted by molar-refractivity contribution is -0.177. The fraction of sp³-hybridized carbons (Fsp3) is 0.500. The molecule has 0 aliphatic rings. The van der Waals surface area contributed by atoms with Crippen LogP contribution >= 0.6 is 15.9 Å². The lowest BCUT2D eigenvalue weighted by Gasteiger charge is -2.31. The van der Waals surface area contributed by atoms with Gasteiger partial charge in [0.05, 0.1) is 32.3 Å². The van der Waals surface area contributed by atoms with Crippen molar-refractivity contribution < 1.29 is 19.5 Å². The van der Waals surface area contributed by atoms with Gasteiger partial charge in [0.25, 0.3) is 5.91 Å². The molecule has 1 N–H and O–H groups in total. The largest absolute Gasteiger partial charge is 0.394 e. The smallest absolute Gasteiger partial charge is 0.258 e.